The van der Waals surface area contributed by atoms with Crippen molar-refractivity contribution in [1.82, 2.24) is 15.0 Å². The third-order valence-corrected chi connectivity index (χ3v) is 4.04. The summed E-state index contributed by atoms with van der Waals surface area (Å²) in [5, 5.41) is -0.265. The number of nitrogens with zero attached hydrogens (tertiary/aromatic N) is 2. The zero-order chi connectivity index (χ0) is 19.6. The minimum atomic E-state index is -4.55. The molecule has 5 nitrogen and oxygen atoms in total. The third kappa shape index (κ3) is 4.22. The molecule has 3 rings (SSSR count). The van der Waals surface area contributed by atoms with Gasteiger partial charge in [0.1, 0.15) is 5.69 Å². The lowest BCUT2D eigenvalue weighted by Crippen LogP contribution is -2.31. The molecule has 0 radical (unpaired) electrons. The molecule has 0 spiro atoms. The largest absolute Gasteiger partial charge is 0.417 e. The molecule has 0 aliphatic heterocycles. The lowest BCUT2D eigenvalue weighted by Gasteiger charge is -2.13. The molecule has 140 valence electrons. The normalized spacial score (nSPS) is 11.3. The van der Waals surface area contributed by atoms with Crippen LogP contribution < -0.4 is 10.9 Å². The Morgan fingerprint density at radius 3 is 2.52 bits per heavy atom. The van der Waals surface area contributed by atoms with Gasteiger partial charge in [-0.25, -0.2) is 4.98 Å². The summed E-state index contributed by atoms with van der Waals surface area (Å²) in [6.45, 7) is 1.96. The molecule has 1 aromatic carbocycles. The maximum absolute atomic E-state index is 12.6. The molecular formula is C18H14ClF3N4O. The monoisotopic (exact) mass is 394 g/mol. The summed E-state index contributed by atoms with van der Waals surface area (Å²) in [5.41, 5.74) is 6.06. The van der Waals surface area contributed by atoms with Gasteiger partial charge in [0.15, 0.2) is 5.82 Å². The molecule has 0 saturated heterocycles. The van der Waals surface area contributed by atoms with Crippen LogP contribution in [-0.2, 0) is 6.18 Å². The summed E-state index contributed by atoms with van der Waals surface area (Å²) in [7, 11) is 0. The van der Waals surface area contributed by atoms with Crippen LogP contribution in [0.15, 0.2) is 54.9 Å². The third-order valence-electron chi connectivity index (χ3n) is 3.76. The first-order valence-electron chi connectivity index (χ1n) is 7.79. The number of halogens is 4. The summed E-state index contributed by atoms with van der Waals surface area (Å²) in [5.74, 6) is -0.593. The SMILES string of the molecule is Cc1ccc(-n2cccc2C(=O)NNc2ncc(C(F)(F)F)cc2Cl)cc1. The van der Waals surface area contributed by atoms with Gasteiger partial charge in [-0.15, -0.1) is 0 Å². The second-order valence-corrected chi connectivity index (χ2v) is 6.14. The second-order valence-electron chi connectivity index (χ2n) is 5.73. The van der Waals surface area contributed by atoms with Crippen LogP contribution in [0.5, 0.6) is 0 Å². The van der Waals surface area contributed by atoms with Crippen molar-refractivity contribution in [2.24, 2.45) is 0 Å². The van der Waals surface area contributed by atoms with Gasteiger partial charge in [0, 0.05) is 18.1 Å². The summed E-state index contributed by atoms with van der Waals surface area (Å²) in [6.07, 6.45) is -2.19. The topological polar surface area (TPSA) is 59.0 Å². The molecule has 9 heteroatoms. The number of anilines is 1. The number of rotatable bonds is 4. The summed E-state index contributed by atoms with van der Waals surface area (Å²) in [4.78, 5) is 16.0. The van der Waals surface area contributed by atoms with E-state index in [4.69, 9.17) is 11.6 Å². The highest BCUT2D eigenvalue weighted by Gasteiger charge is 2.31. The minimum Gasteiger partial charge on any atom is -0.312 e. The molecule has 1 amide bonds. The Labute approximate surface area is 157 Å². The summed E-state index contributed by atoms with van der Waals surface area (Å²) < 4.78 is 39.6. The highest BCUT2D eigenvalue weighted by atomic mass is 35.5. The number of hydrazine groups is 1. The molecular weight excluding hydrogens is 381 g/mol. The first kappa shape index (κ1) is 18.8. The van der Waals surface area contributed by atoms with E-state index in [1.807, 2.05) is 31.2 Å². The number of hydrogen-bond acceptors (Lipinski definition) is 3. The number of carbonyl (C=O) groups excluding carboxylic acids is 1. The van der Waals surface area contributed by atoms with Gasteiger partial charge in [0.2, 0.25) is 0 Å². The molecule has 0 atom stereocenters. The van der Waals surface area contributed by atoms with Crippen molar-refractivity contribution in [1.29, 1.82) is 0 Å². The van der Waals surface area contributed by atoms with Crippen LogP contribution in [-0.4, -0.2) is 15.5 Å². The highest BCUT2D eigenvalue weighted by molar-refractivity contribution is 6.33. The first-order valence-corrected chi connectivity index (χ1v) is 8.17. The van der Waals surface area contributed by atoms with Crippen LogP contribution in [0.2, 0.25) is 5.02 Å². The van der Waals surface area contributed by atoms with Gasteiger partial charge < -0.3 is 4.57 Å². The van der Waals surface area contributed by atoms with E-state index in [2.05, 4.69) is 15.8 Å². The van der Waals surface area contributed by atoms with Crippen molar-refractivity contribution >= 4 is 23.3 Å². The molecule has 2 heterocycles. The van der Waals surface area contributed by atoms with Crippen molar-refractivity contribution in [2.45, 2.75) is 13.1 Å². The average molecular weight is 395 g/mol. The van der Waals surface area contributed by atoms with Crippen LogP contribution >= 0.6 is 11.6 Å². The van der Waals surface area contributed by atoms with E-state index in [1.165, 1.54) is 0 Å². The molecule has 0 bridgehead atoms. The van der Waals surface area contributed by atoms with Crippen molar-refractivity contribution in [3.05, 3.63) is 76.7 Å². The zero-order valence-electron chi connectivity index (χ0n) is 14.0. The second kappa shape index (κ2) is 7.32. The van der Waals surface area contributed by atoms with Crippen LogP contribution in [0.25, 0.3) is 5.69 Å². The Morgan fingerprint density at radius 1 is 1.19 bits per heavy atom. The van der Waals surface area contributed by atoms with Crippen LogP contribution in [0.3, 0.4) is 0 Å². The van der Waals surface area contributed by atoms with Gasteiger partial charge in [-0.3, -0.25) is 15.6 Å². The van der Waals surface area contributed by atoms with Crippen LogP contribution in [0, 0.1) is 6.92 Å². The Hall–Kier alpha value is -3.00. The number of hydrogen-bond donors (Lipinski definition) is 2. The van der Waals surface area contributed by atoms with Gasteiger partial charge in [0.05, 0.1) is 10.6 Å². The van der Waals surface area contributed by atoms with E-state index in [1.54, 1.807) is 22.9 Å². The van der Waals surface area contributed by atoms with E-state index in [-0.39, 0.29) is 10.8 Å². The molecule has 0 aliphatic rings. The molecule has 3 aromatic rings. The Kier molecular flexibility index (Phi) is 5.09. The molecule has 0 aliphatic carbocycles. The van der Waals surface area contributed by atoms with Gasteiger partial charge >= 0.3 is 6.18 Å². The fourth-order valence-electron chi connectivity index (χ4n) is 2.36. The average Bonchev–Trinajstić information content (AvgIpc) is 3.10. The Morgan fingerprint density at radius 2 is 1.89 bits per heavy atom. The van der Waals surface area contributed by atoms with Crippen molar-refractivity contribution in [3.8, 4) is 5.69 Å². The summed E-state index contributed by atoms with van der Waals surface area (Å²) >= 11 is 5.80. The van der Waals surface area contributed by atoms with E-state index in [0.717, 1.165) is 17.3 Å². The lowest BCUT2D eigenvalue weighted by atomic mass is 10.2. The predicted octanol–water partition coefficient (Wildman–Crippen LogP) is 4.61. The van der Waals surface area contributed by atoms with Crippen LogP contribution in [0.1, 0.15) is 21.6 Å². The maximum Gasteiger partial charge on any atom is 0.417 e. The smallest absolute Gasteiger partial charge is 0.312 e. The molecule has 0 unspecified atom stereocenters. The number of aromatic nitrogens is 2. The number of alkyl halides is 3. The molecule has 2 N–H and O–H groups in total. The fraction of sp³-hybridized carbons (Fsp3) is 0.111. The Balaban J connectivity index is 1.74. The van der Waals surface area contributed by atoms with E-state index in [0.29, 0.717) is 11.9 Å². The fourth-order valence-corrected chi connectivity index (χ4v) is 2.57. The quantitative estimate of drug-likeness (QED) is 0.635. The van der Waals surface area contributed by atoms with E-state index >= 15 is 0 Å². The summed E-state index contributed by atoms with van der Waals surface area (Å²) in [6, 6.07) is 11.6. The van der Waals surface area contributed by atoms with Crippen molar-refractivity contribution in [2.75, 3.05) is 5.43 Å². The van der Waals surface area contributed by atoms with Crippen LogP contribution in [0.4, 0.5) is 19.0 Å². The number of pyridine rings is 1. The van der Waals surface area contributed by atoms with E-state index in [9.17, 15) is 18.0 Å². The molecule has 27 heavy (non-hydrogen) atoms. The van der Waals surface area contributed by atoms with Gasteiger partial charge in [-0.2, -0.15) is 13.2 Å². The molecule has 2 aromatic heterocycles. The minimum absolute atomic E-state index is 0.0912. The zero-order valence-corrected chi connectivity index (χ0v) is 14.8. The standard InChI is InChI=1S/C18H14ClF3N4O/c1-11-4-6-13(7-5-11)26-8-2-3-15(26)17(27)25-24-16-14(19)9-12(10-23-16)18(20,21)22/h2-10H,1H3,(H,23,24)(H,25,27). The van der Waals surface area contributed by atoms with Gasteiger partial charge in [0.25, 0.3) is 5.91 Å². The number of benzene rings is 1. The maximum atomic E-state index is 12.6. The number of nitrogens with one attached hydrogen (secondary N) is 2. The first-order chi connectivity index (χ1) is 12.8. The predicted molar refractivity (Wildman–Crippen MR) is 95.8 cm³/mol. The van der Waals surface area contributed by atoms with Crippen molar-refractivity contribution < 1.29 is 18.0 Å². The van der Waals surface area contributed by atoms with Crippen molar-refractivity contribution in [3.63, 3.8) is 0 Å². The highest BCUT2D eigenvalue weighted by Crippen LogP contribution is 2.32. The van der Waals surface area contributed by atoms with E-state index < -0.39 is 17.6 Å². The number of aryl methyl sites for hydroxylation is 1. The molecule has 0 saturated carbocycles. The lowest BCUT2D eigenvalue weighted by molar-refractivity contribution is -0.137. The van der Waals surface area contributed by atoms with Gasteiger partial charge in [-0.1, -0.05) is 29.3 Å². The molecule has 0 fully saturated rings. The number of amides is 1. The number of carbonyl (C=O) groups is 1. The van der Waals surface area contributed by atoms with Gasteiger partial charge in [-0.05, 0) is 37.3 Å². The Bertz CT molecular complexity index is 967.